The van der Waals surface area contributed by atoms with Gasteiger partial charge in [-0.15, -0.1) is 11.3 Å². The van der Waals surface area contributed by atoms with Crippen molar-refractivity contribution < 1.29 is 4.39 Å². The van der Waals surface area contributed by atoms with Gasteiger partial charge in [0.25, 0.3) is 0 Å². The molecule has 4 aromatic rings. The van der Waals surface area contributed by atoms with Crippen LogP contribution in [0.3, 0.4) is 0 Å². The Morgan fingerprint density at radius 2 is 1.61 bits per heavy atom. The molecular weight excluding hydrogens is 373 g/mol. The maximum absolute atomic E-state index is 14.9. The van der Waals surface area contributed by atoms with E-state index in [1.54, 1.807) is 17.5 Å². The molecule has 0 N–H and O–H groups in total. The summed E-state index contributed by atoms with van der Waals surface area (Å²) >= 11 is 5.10. The Kier molecular flexibility index (Phi) is 3.71. The topological polar surface area (TPSA) is 12.9 Å². The second-order valence-corrected chi connectivity index (χ2v) is 7.08. The number of fused-ring (bicyclic) bond motifs is 1. The largest absolute Gasteiger partial charge is 0.255 e. The molecule has 0 bridgehead atoms. The molecule has 0 aliphatic rings. The van der Waals surface area contributed by atoms with Crippen molar-refractivity contribution >= 4 is 38.0 Å². The first kappa shape index (κ1) is 14.5. The van der Waals surface area contributed by atoms with Crippen LogP contribution in [-0.2, 0) is 0 Å². The molecule has 2 aromatic carbocycles. The van der Waals surface area contributed by atoms with Gasteiger partial charge in [0.1, 0.15) is 5.82 Å². The Labute approximate surface area is 145 Å². The monoisotopic (exact) mass is 383 g/mol. The first-order chi connectivity index (χ1) is 11.2. The van der Waals surface area contributed by atoms with E-state index in [0.29, 0.717) is 10.9 Å². The second kappa shape index (κ2) is 5.87. The molecule has 112 valence electrons. The Morgan fingerprint density at radius 1 is 0.870 bits per heavy atom. The molecule has 4 heteroatoms. The summed E-state index contributed by atoms with van der Waals surface area (Å²) in [7, 11) is 0. The summed E-state index contributed by atoms with van der Waals surface area (Å²) < 4.78 is 15.8. The van der Waals surface area contributed by atoms with Crippen LogP contribution in [0, 0.1) is 5.82 Å². The number of pyridine rings is 1. The minimum atomic E-state index is -0.182. The van der Waals surface area contributed by atoms with Crippen LogP contribution in [-0.4, -0.2) is 4.98 Å². The average molecular weight is 384 g/mol. The zero-order chi connectivity index (χ0) is 15.8. The third kappa shape index (κ3) is 2.58. The Hall–Kier alpha value is -2.04. The summed E-state index contributed by atoms with van der Waals surface area (Å²) in [4.78, 5) is 6.28. The molecule has 0 radical (unpaired) electrons. The molecule has 0 saturated heterocycles. The molecule has 0 unspecified atom stereocenters. The van der Waals surface area contributed by atoms with Crippen molar-refractivity contribution in [3.63, 3.8) is 0 Å². The third-order valence-electron chi connectivity index (χ3n) is 3.72. The number of rotatable bonds is 2. The van der Waals surface area contributed by atoms with Gasteiger partial charge in [0, 0.05) is 26.5 Å². The summed E-state index contributed by atoms with van der Waals surface area (Å²) in [6.07, 6.45) is 1.77. The Morgan fingerprint density at radius 3 is 2.39 bits per heavy atom. The predicted octanol–water partition coefficient (Wildman–Crippen LogP) is 6.53. The lowest BCUT2D eigenvalue weighted by Crippen LogP contribution is -1.86. The first-order valence-electron chi connectivity index (χ1n) is 7.12. The van der Waals surface area contributed by atoms with Crippen LogP contribution >= 0.6 is 27.3 Å². The van der Waals surface area contributed by atoms with Crippen LogP contribution in [0.4, 0.5) is 4.39 Å². The van der Waals surface area contributed by atoms with E-state index in [1.165, 1.54) is 0 Å². The van der Waals surface area contributed by atoms with Crippen molar-refractivity contribution in [3.8, 4) is 21.0 Å². The summed E-state index contributed by atoms with van der Waals surface area (Å²) in [5.41, 5.74) is 1.52. The van der Waals surface area contributed by atoms with E-state index in [0.717, 1.165) is 25.3 Å². The molecule has 0 spiro atoms. The maximum Gasteiger partial charge on any atom is 0.139 e. The van der Waals surface area contributed by atoms with E-state index in [-0.39, 0.29) is 5.82 Å². The first-order valence-corrected chi connectivity index (χ1v) is 8.73. The molecule has 1 nitrogen and oxygen atoms in total. The number of hydrogen-bond donors (Lipinski definition) is 0. The van der Waals surface area contributed by atoms with Crippen LogP contribution in [0.15, 0.2) is 71.3 Å². The average Bonchev–Trinajstić information content (AvgIpc) is 3.09. The minimum Gasteiger partial charge on any atom is -0.255 e. The van der Waals surface area contributed by atoms with E-state index >= 15 is 0 Å². The van der Waals surface area contributed by atoms with Crippen LogP contribution in [0.1, 0.15) is 0 Å². The van der Waals surface area contributed by atoms with E-state index in [2.05, 4.69) is 20.9 Å². The molecule has 2 heterocycles. The number of halogens is 2. The van der Waals surface area contributed by atoms with Crippen LogP contribution < -0.4 is 0 Å². The zero-order valence-corrected chi connectivity index (χ0v) is 14.4. The Bertz CT molecular complexity index is 995. The van der Waals surface area contributed by atoms with Crippen LogP contribution in [0.25, 0.3) is 31.8 Å². The summed E-state index contributed by atoms with van der Waals surface area (Å²) in [6, 6.07) is 19.1. The number of benzene rings is 2. The van der Waals surface area contributed by atoms with Gasteiger partial charge >= 0.3 is 0 Å². The number of nitrogens with zero attached hydrogens (tertiary/aromatic N) is 1. The molecule has 0 atom stereocenters. The molecule has 4 rings (SSSR count). The van der Waals surface area contributed by atoms with E-state index < -0.39 is 0 Å². The van der Waals surface area contributed by atoms with Gasteiger partial charge in [0.2, 0.25) is 0 Å². The molecule has 0 fully saturated rings. The van der Waals surface area contributed by atoms with Gasteiger partial charge in [-0.2, -0.15) is 0 Å². The normalized spacial score (nSPS) is 11.0. The maximum atomic E-state index is 14.9. The highest BCUT2D eigenvalue weighted by Crippen LogP contribution is 2.39. The quantitative estimate of drug-likeness (QED) is 0.383. The van der Waals surface area contributed by atoms with Crippen molar-refractivity contribution in [2.24, 2.45) is 0 Å². The zero-order valence-electron chi connectivity index (χ0n) is 12.0. The molecule has 2 aromatic heterocycles. The third-order valence-corrected chi connectivity index (χ3v) is 5.51. The molecule has 0 aliphatic carbocycles. The lowest BCUT2D eigenvalue weighted by Gasteiger charge is -2.07. The van der Waals surface area contributed by atoms with Crippen molar-refractivity contribution in [1.82, 2.24) is 4.98 Å². The number of hydrogen-bond acceptors (Lipinski definition) is 2. The molecular formula is C19H11BrFNS. The van der Waals surface area contributed by atoms with Gasteiger partial charge < -0.3 is 0 Å². The fourth-order valence-corrected chi connectivity index (χ4v) is 4.17. The summed E-state index contributed by atoms with van der Waals surface area (Å²) in [6.45, 7) is 0. The van der Waals surface area contributed by atoms with Crippen LogP contribution in [0.5, 0.6) is 0 Å². The van der Waals surface area contributed by atoms with Gasteiger partial charge in [-0.25, -0.2) is 4.39 Å². The Balaban J connectivity index is 1.87. The van der Waals surface area contributed by atoms with Crippen molar-refractivity contribution in [2.75, 3.05) is 0 Å². The summed E-state index contributed by atoms with van der Waals surface area (Å²) in [5, 5.41) is 1.51. The van der Waals surface area contributed by atoms with Crippen molar-refractivity contribution in [3.05, 3.63) is 77.2 Å². The fraction of sp³-hybridized carbons (Fsp3) is 0. The van der Waals surface area contributed by atoms with Gasteiger partial charge in [0.15, 0.2) is 0 Å². The SMILES string of the molecule is Fc1c(-c2ccc(-c3ccccn3)s2)cc(Br)c2ccccc12. The van der Waals surface area contributed by atoms with Gasteiger partial charge in [0.05, 0.1) is 10.6 Å². The molecule has 0 aliphatic heterocycles. The van der Waals surface area contributed by atoms with E-state index in [1.807, 2.05) is 60.7 Å². The number of aromatic nitrogens is 1. The predicted molar refractivity (Wildman–Crippen MR) is 98.2 cm³/mol. The molecule has 0 amide bonds. The second-order valence-electron chi connectivity index (χ2n) is 5.14. The number of thiophene rings is 1. The minimum absolute atomic E-state index is 0.182. The molecule has 23 heavy (non-hydrogen) atoms. The van der Waals surface area contributed by atoms with Gasteiger partial charge in [-0.3, -0.25) is 4.98 Å². The lowest BCUT2D eigenvalue weighted by atomic mass is 10.1. The van der Waals surface area contributed by atoms with E-state index in [4.69, 9.17) is 0 Å². The van der Waals surface area contributed by atoms with Gasteiger partial charge in [-0.05, 0) is 35.7 Å². The lowest BCUT2D eigenvalue weighted by molar-refractivity contribution is 0.643. The van der Waals surface area contributed by atoms with Crippen molar-refractivity contribution in [2.45, 2.75) is 0 Å². The van der Waals surface area contributed by atoms with Gasteiger partial charge in [-0.1, -0.05) is 46.3 Å². The molecule has 0 saturated carbocycles. The van der Waals surface area contributed by atoms with Crippen LogP contribution in [0.2, 0.25) is 0 Å². The standard InChI is InChI=1S/C19H11BrFNS/c20-15-11-14(19(21)13-6-2-1-5-12(13)15)17-8-9-18(23-17)16-7-3-4-10-22-16/h1-11H. The smallest absolute Gasteiger partial charge is 0.139 e. The highest BCUT2D eigenvalue weighted by atomic mass is 79.9. The van der Waals surface area contributed by atoms with Crippen molar-refractivity contribution in [1.29, 1.82) is 0 Å². The van der Waals surface area contributed by atoms with E-state index in [9.17, 15) is 4.39 Å². The highest BCUT2D eigenvalue weighted by Gasteiger charge is 2.14. The fourth-order valence-electron chi connectivity index (χ4n) is 2.60. The highest BCUT2D eigenvalue weighted by molar-refractivity contribution is 9.10. The summed E-state index contributed by atoms with van der Waals surface area (Å²) in [5.74, 6) is -0.182.